The van der Waals surface area contributed by atoms with E-state index in [0.29, 0.717) is 11.6 Å². The lowest BCUT2D eigenvalue weighted by Crippen LogP contribution is -2.27. The fourth-order valence-electron chi connectivity index (χ4n) is 1.99. The summed E-state index contributed by atoms with van der Waals surface area (Å²) >= 11 is 6.23. The van der Waals surface area contributed by atoms with Gasteiger partial charge in [-0.2, -0.15) is 0 Å². The van der Waals surface area contributed by atoms with Gasteiger partial charge in [0.1, 0.15) is 5.75 Å². The van der Waals surface area contributed by atoms with Crippen LogP contribution in [0.5, 0.6) is 5.75 Å². The van der Waals surface area contributed by atoms with Crippen molar-refractivity contribution < 1.29 is 14.2 Å². The molecule has 108 valence electrons. The molecule has 0 spiro atoms. The standard InChI is InChI=1S/C15H23ClO3/c1-6-19-13-8-7-11(9-12(13)16)15(2,3)10-14(17-4)18-5/h7-9,14H,6,10H2,1-5H3. The Labute approximate surface area is 120 Å². The van der Waals surface area contributed by atoms with E-state index < -0.39 is 0 Å². The molecule has 1 aromatic carbocycles. The summed E-state index contributed by atoms with van der Waals surface area (Å²) in [6.07, 6.45) is 0.532. The average molecular weight is 287 g/mol. The number of hydrogen-bond donors (Lipinski definition) is 0. The molecule has 0 saturated carbocycles. The monoisotopic (exact) mass is 286 g/mol. The van der Waals surface area contributed by atoms with E-state index in [2.05, 4.69) is 13.8 Å². The SMILES string of the molecule is CCOc1ccc(C(C)(C)CC(OC)OC)cc1Cl. The first-order valence-electron chi connectivity index (χ1n) is 6.43. The smallest absolute Gasteiger partial charge is 0.157 e. The van der Waals surface area contributed by atoms with Crippen LogP contribution in [0.1, 0.15) is 32.8 Å². The molecule has 19 heavy (non-hydrogen) atoms. The summed E-state index contributed by atoms with van der Waals surface area (Å²) < 4.78 is 16.0. The predicted octanol–water partition coefficient (Wildman–Crippen LogP) is 4.03. The van der Waals surface area contributed by atoms with Crippen molar-refractivity contribution in [3.05, 3.63) is 28.8 Å². The Morgan fingerprint density at radius 1 is 1.21 bits per heavy atom. The third-order valence-electron chi connectivity index (χ3n) is 3.22. The van der Waals surface area contributed by atoms with E-state index in [1.807, 2.05) is 25.1 Å². The number of halogens is 1. The molecule has 0 amide bonds. The van der Waals surface area contributed by atoms with Gasteiger partial charge in [0.2, 0.25) is 0 Å². The van der Waals surface area contributed by atoms with E-state index in [4.69, 9.17) is 25.8 Å². The van der Waals surface area contributed by atoms with Crippen molar-refractivity contribution in [2.24, 2.45) is 0 Å². The van der Waals surface area contributed by atoms with Gasteiger partial charge in [-0.3, -0.25) is 0 Å². The van der Waals surface area contributed by atoms with Gasteiger partial charge in [0, 0.05) is 20.6 Å². The second kappa shape index (κ2) is 7.13. The third kappa shape index (κ3) is 4.37. The van der Waals surface area contributed by atoms with Crippen LogP contribution in [-0.2, 0) is 14.9 Å². The predicted molar refractivity (Wildman–Crippen MR) is 78.1 cm³/mol. The van der Waals surface area contributed by atoms with Crippen LogP contribution >= 0.6 is 11.6 Å². The summed E-state index contributed by atoms with van der Waals surface area (Å²) in [6.45, 7) is 6.84. The molecule has 0 heterocycles. The van der Waals surface area contributed by atoms with Gasteiger partial charge in [-0.05, 0) is 30.0 Å². The van der Waals surface area contributed by atoms with Crippen LogP contribution in [0.3, 0.4) is 0 Å². The average Bonchev–Trinajstić information content (AvgIpc) is 2.38. The molecular weight excluding hydrogens is 264 g/mol. The molecule has 0 radical (unpaired) electrons. The number of hydrogen-bond acceptors (Lipinski definition) is 3. The highest BCUT2D eigenvalue weighted by atomic mass is 35.5. The summed E-state index contributed by atoms with van der Waals surface area (Å²) in [4.78, 5) is 0. The van der Waals surface area contributed by atoms with Crippen molar-refractivity contribution in [2.45, 2.75) is 38.9 Å². The summed E-state index contributed by atoms with van der Waals surface area (Å²) in [5.41, 5.74) is 1.05. The minimum absolute atomic E-state index is 0.0922. The minimum atomic E-state index is -0.222. The molecule has 0 N–H and O–H groups in total. The maximum absolute atomic E-state index is 6.23. The Hall–Kier alpha value is -0.770. The number of methoxy groups -OCH3 is 2. The van der Waals surface area contributed by atoms with E-state index in [0.717, 1.165) is 17.7 Å². The maximum atomic E-state index is 6.23. The lowest BCUT2D eigenvalue weighted by molar-refractivity contribution is -0.115. The lowest BCUT2D eigenvalue weighted by atomic mass is 9.81. The quantitative estimate of drug-likeness (QED) is 0.709. The molecule has 1 rings (SSSR count). The molecule has 0 aliphatic rings. The van der Waals surface area contributed by atoms with E-state index in [-0.39, 0.29) is 11.7 Å². The zero-order chi connectivity index (χ0) is 14.5. The first kappa shape index (κ1) is 16.3. The number of rotatable bonds is 7. The second-order valence-electron chi connectivity index (χ2n) is 5.07. The molecule has 0 fully saturated rings. The molecule has 4 heteroatoms. The molecule has 0 atom stereocenters. The first-order chi connectivity index (χ1) is 8.94. The van der Waals surface area contributed by atoms with Crippen molar-refractivity contribution in [3.63, 3.8) is 0 Å². The highest BCUT2D eigenvalue weighted by Gasteiger charge is 2.26. The maximum Gasteiger partial charge on any atom is 0.157 e. The minimum Gasteiger partial charge on any atom is -0.492 e. The summed E-state index contributed by atoms with van der Waals surface area (Å²) in [6, 6.07) is 5.91. The van der Waals surface area contributed by atoms with Crippen LogP contribution in [0, 0.1) is 0 Å². The van der Waals surface area contributed by atoms with Gasteiger partial charge in [-0.1, -0.05) is 31.5 Å². The van der Waals surface area contributed by atoms with Gasteiger partial charge >= 0.3 is 0 Å². The van der Waals surface area contributed by atoms with E-state index in [1.54, 1.807) is 14.2 Å². The molecule has 1 aromatic rings. The molecule has 3 nitrogen and oxygen atoms in total. The van der Waals surface area contributed by atoms with Crippen molar-refractivity contribution >= 4 is 11.6 Å². The van der Waals surface area contributed by atoms with Crippen LogP contribution in [-0.4, -0.2) is 27.1 Å². The molecule has 0 bridgehead atoms. The fraction of sp³-hybridized carbons (Fsp3) is 0.600. The molecular formula is C15H23ClO3. The Kier molecular flexibility index (Phi) is 6.11. The Bertz CT molecular complexity index is 400. The summed E-state index contributed by atoms with van der Waals surface area (Å²) in [5.74, 6) is 0.721. The van der Waals surface area contributed by atoms with Crippen molar-refractivity contribution in [1.29, 1.82) is 0 Å². The van der Waals surface area contributed by atoms with E-state index in [9.17, 15) is 0 Å². The molecule has 0 unspecified atom stereocenters. The zero-order valence-corrected chi connectivity index (χ0v) is 13.1. The molecule has 0 aromatic heterocycles. The van der Waals surface area contributed by atoms with Gasteiger partial charge in [-0.15, -0.1) is 0 Å². The molecule has 0 aliphatic heterocycles. The van der Waals surface area contributed by atoms with E-state index >= 15 is 0 Å². The van der Waals surface area contributed by atoms with Crippen LogP contribution in [0.4, 0.5) is 0 Å². The second-order valence-corrected chi connectivity index (χ2v) is 5.47. The lowest BCUT2D eigenvalue weighted by Gasteiger charge is -2.29. The fourth-order valence-corrected chi connectivity index (χ4v) is 2.23. The van der Waals surface area contributed by atoms with Crippen LogP contribution < -0.4 is 4.74 Å². The van der Waals surface area contributed by atoms with Crippen molar-refractivity contribution in [3.8, 4) is 5.75 Å². The highest BCUT2D eigenvalue weighted by Crippen LogP contribution is 2.34. The highest BCUT2D eigenvalue weighted by molar-refractivity contribution is 6.32. The van der Waals surface area contributed by atoms with Gasteiger partial charge in [0.25, 0.3) is 0 Å². The van der Waals surface area contributed by atoms with Gasteiger partial charge < -0.3 is 14.2 Å². The Morgan fingerprint density at radius 3 is 2.32 bits per heavy atom. The normalized spacial score (nSPS) is 11.9. The van der Waals surface area contributed by atoms with E-state index in [1.165, 1.54) is 0 Å². The van der Waals surface area contributed by atoms with Gasteiger partial charge in [0.05, 0.1) is 11.6 Å². The summed E-state index contributed by atoms with van der Waals surface area (Å²) in [7, 11) is 3.30. The van der Waals surface area contributed by atoms with Crippen LogP contribution in [0.2, 0.25) is 5.02 Å². The van der Waals surface area contributed by atoms with Crippen molar-refractivity contribution in [2.75, 3.05) is 20.8 Å². The zero-order valence-electron chi connectivity index (χ0n) is 12.3. The third-order valence-corrected chi connectivity index (χ3v) is 3.51. The van der Waals surface area contributed by atoms with Crippen molar-refractivity contribution in [1.82, 2.24) is 0 Å². The first-order valence-corrected chi connectivity index (χ1v) is 6.80. The van der Waals surface area contributed by atoms with Crippen LogP contribution in [0.25, 0.3) is 0 Å². The Morgan fingerprint density at radius 2 is 1.84 bits per heavy atom. The largest absolute Gasteiger partial charge is 0.492 e. The number of benzene rings is 1. The Balaban J connectivity index is 2.91. The van der Waals surface area contributed by atoms with Crippen LogP contribution in [0.15, 0.2) is 18.2 Å². The molecule has 0 aliphatic carbocycles. The topological polar surface area (TPSA) is 27.7 Å². The number of ether oxygens (including phenoxy) is 3. The summed E-state index contributed by atoms with van der Waals surface area (Å²) in [5, 5.41) is 0.638. The van der Waals surface area contributed by atoms with Gasteiger partial charge in [0.15, 0.2) is 6.29 Å². The van der Waals surface area contributed by atoms with Gasteiger partial charge in [-0.25, -0.2) is 0 Å². The molecule has 0 saturated heterocycles.